The number of benzene rings is 1. The normalized spacial score (nSPS) is 13.6. The van der Waals surface area contributed by atoms with Crippen LogP contribution in [0.15, 0.2) is 24.3 Å². The SMILES string of the molecule is CS(=O)(=O)CCCC(CN)c1ccccc1Cl. The number of rotatable bonds is 6. The zero-order valence-electron chi connectivity index (χ0n) is 9.90. The first-order valence-corrected chi connectivity index (χ1v) is 8.00. The van der Waals surface area contributed by atoms with E-state index in [1.165, 1.54) is 6.26 Å². The first-order chi connectivity index (χ1) is 7.94. The maximum absolute atomic E-state index is 11.0. The summed E-state index contributed by atoms with van der Waals surface area (Å²) in [5, 5.41) is 0.697. The molecule has 3 nitrogen and oxygen atoms in total. The summed E-state index contributed by atoms with van der Waals surface area (Å²) in [4.78, 5) is 0. The molecule has 0 aliphatic heterocycles. The first-order valence-electron chi connectivity index (χ1n) is 5.56. The molecule has 0 aliphatic carbocycles. The Labute approximate surface area is 108 Å². The molecule has 96 valence electrons. The van der Waals surface area contributed by atoms with Gasteiger partial charge in [0.1, 0.15) is 9.84 Å². The molecule has 1 aromatic rings. The van der Waals surface area contributed by atoms with E-state index >= 15 is 0 Å². The van der Waals surface area contributed by atoms with E-state index < -0.39 is 9.84 Å². The summed E-state index contributed by atoms with van der Waals surface area (Å²) in [6.45, 7) is 0.480. The molecular formula is C12H18ClNO2S. The molecule has 0 saturated heterocycles. The van der Waals surface area contributed by atoms with E-state index in [9.17, 15) is 8.42 Å². The summed E-state index contributed by atoms with van der Waals surface area (Å²) in [5.41, 5.74) is 6.72. The molecule has 0 radical (unpaired) electrons. The summed E-state index contributed by atoms with van der Waals surface area (Å²) < 4.78 is 22.1. The maximum Gasteiger partial charge on any atom is 0.147 e. The molecule has 0 fully saturated rings. The molecule has 1 rings (SSSR count). The van der Waals surface area contributed by atoms with Crippen LogP contribution in [-0.4, -0.2) is 27.0 Å². The van der Waals surface area contributed by atoms with E-state index in [1.54, 1.807) is 0 Å². The Morgan fingerprint density at radius 1 is 1.35 bits per heavy atom. The Morgan fingerprint density at radius 2 is 2.00 bits per heavy atom. The van der Waals surface area contributed by atoms with Gasteiger partial charge in [-0.25, -0.2) is 8.42 Å². The minimum atomic E-state index is -2.89. The zero-order chi connectivity index (χ0) is 12.9. The van der Waals surface area contributed by atoms with Gasteiger partial charge in [0.2, 0.25) is 0 Å². The topological polar surface area (TPSA) is 60.2 Å². The van der Waals surface area contributed by atoms with Crippen molar-refractivity contribution < 1.29 is 8.42 Å². The van der Waals surface area contributed by atoms with Crippen LogP contribution < -0.4 is 5.73 Å². The fourth-order valence-corrected chi connectivity index (χ4v) is 2.78. The number of sulfone groups is 1. The second-order valence-electron chi connectivity index (χ2n) is 4.23. The second kappa shape index (κ2) is 6.38. The van der Waals surface area contributed by atoms with Crippen LogP contribution in [0.3, 0.4) is 0 Å². The minimum Gasteiger partial charge on any atom is -0.330 e. The van der Waals surface area contributed by atoms with E-state index in [-0.39, 0.29) is 11.7 Å². The van der Waals surface area contributed by atoms with Crippen molar-refractivity contribution >= 4 is 21.4 Å². The summed E-state index contributed by atoms with van der Waals surface area (Å²) in [6, 6.07) is 7.56. The third-order valence-corrected chi connectivity index (χ3v) is 4.07. The Morgan fingerprint density at radius 3 is 2.53 bits per heavy atom. The van der Waals surface area contributed by atoms with E-state index in [0.29, 0.717) is 18.0 Å². The Bertz CT molecular complexity index is 459. The molecule has 5 heteroatoms. The molecule has 1 unspecified atom stereocenters. The lowest BCUT2D eigenvalue weighted by Crippen LogP contribution is -2.14. The minimum absolute atomic E-state index is 0.130. The van der Waals surface area contributed by atoms with Gasteiger partial charge in [-0.2, -0.15) is 0 Å². The van der Waals surface area contributed by atoms with Gasteiger partial charge >= 0.3 is 0 Å². The lowest BCUT2D eigenvalue weighted by atomic mass is 9.95. The average molecular weight is 276 g/mol. The van der Waals surface area contributed by atoms with Crippen LogP contribution >= 0.6 is 11.6 Å². The van der Waals surface area contributed by atoms with E-state index in [2.05, 4.69) is 0 Å². The summed E-state index contributed by atoms with van der Waals surface area (Å²) in [6.07, 6.45) is 2.61. The van der Waals surface area contributed by atoms with Crippen molar-refractivity contribution in [2.24, 2.45) is 5.73 Å². The van der Waals surface area contributed by atoms with Crippen molar-refractivity contribution in [2.45, 2.75) is 18.8 Å². The molecule has 2 N–H and O–H groups in total. The van der Waals surface area contributed by atoms with Crippen molar-refractivity contribution in [1.82, 2.24) is 0 Å². The van der Waals surface area contributed by atoms with Crippen molar-refractivity contribution in [3.63, 3.8) is 0 Å². The predicted molar refractivity (Wildman–Crippen MR) is 72.2 cm³/mol. The van der Waals surface area contributed by atoms with Gasteiger partial charge in [-0.1, -0.05) is 29.8 Å². The molecule has 1 atom stereocenters. The molecular weight excluding hydrogens is 258 g/mol. The van der Waals surface area contributed by atoms with Crippen molar-refractivity contribution in [3.8, 4) is 0 Å². The molecule has 0 spiro atoms. The molecule has 0 saturated carbocycles. The molecule has 0 bridgehead atoms. The van der Waals surface area contributed by atoms with E-state index in [0.717, 1.165) is 12.0 Å². The lowest BCUT2D eigenvalue weighted by molar-refractivity contribution is 0.585. The number of nitrogens with two attached hydrogens (primary N) is 1. The third kappa shape index (κ3) is 5.06. The zero-order valence-corrected chi connectivity index (χ0v) is 11.5. The lowest BCUT2D eigenvalue weighted by Gasteiger charge is -2.16. The molecule has 17 heavy (non-hydrogen) atoms. The van der Waals surface area contributed by atoms with Crippen LogP contribution in [-0.2, 0) is 9.84 Å². The van der Waals surface area contributed by atoms with Crippen molar-refractivity contribution in [1.29, 1.82) is 0 Å². The van der Waals surface area contributed by atoms with Crippen LogP contribution in [0.4, 0.5) is 0 Å². The second-order valence-corrected chi connectivity index (χ2v) is 6.89. The Kier molecular flexibility index (Phi) is 5.43. The van der Waals surface area contributed by atoms with Crippen molar-refractivity contribution in [2.75, 3.05) is 18.6 Å². The van der Waals surface area contributed by atoms with Gasteiger partial charge in [0.15, 0.2) is 0 Å². The summed E-state index contributed by atoms with van der Waals surface area (Å²) in [7, 11) is -2.89. The number of hydrogen-bond acceptors (Lipinski definition) is 3. The first kappa shape index (κ1) is 14.5. The highest BCUT2D eigenvalue weighted by Gasteiger charge is 2.13. The summed E-state index contributed by atoms with van der Waals surface area (Å²) >= 11 is 6.09. The van der Waals surface area contributed by atoms with Crippen molar-refractivity contribution in [3.05, 3.63) is 34.9 Å². The fraction of sp³-hybridized carbons (Fsp3) is 0.500. The fourth-order valence-electron chi connectivity index (χ4n) is 1.80. The van der Waals surface area contributed by atoms with Gasteiger partial charge in [-0.3, -0.25) is 0 Å². The quantitative estimate of drug-likeness (QED) is 0.866. The van der Waals surface area contributed by atoms with Gasteiger partial charge in [-0.15, -0.1) is 0 Å². The number of hydrogen-bond donors (Lipinski definition) is 1. The standard InChI is InChI=1S/C12H18ClNO2S/c1-17(15,16)8-4-5-10(9-14)11-6-2-3-7-12(11)13/h2-3,6-7,10H,4-5,8-9,14H2,1H3. The van der Waals surface area contributed by atoms with Gasteiger partial charge in [0, 0.05) is 17.0 Å². The average Bonchev–Trinajstić information content (AvgIpc) is 2.24. The van der Waals surface area contributed by atoms with Gasteiger partial charge < -0.3 is 5.73 Å². The Balaban J connectivity index is 2.64. The molecule has 0 aliphatic rings. The highest BCUT2D eigenvalue weighted by Crippen LogP contribution is 2.27. The van der Waals surface area contributed by atoms with Crippen LogP contribution in [0.25, 0.3) is 0 Å². The van der Waals surface area contributed by atoms with Crippen LogP contribution in [0.2, 0.25) is 5.02 Å². The van der Waals surface area contributed by atoms with E-state index in [1.807, 2.05) is 24.3 Å². The highest BCUT2D eigenvalue weighted by molar-refractivity contribution is 7.90. The maximum atomic E-state index is 11.0. The molecule has 0 heterocycles. The van der Waals surface area contributed by atoms with E-state index in [4.69, 9.17) is 17.3 Å². The van der Waals surface area contributed by atoms with Crippen LogP contribution in [0, 0.1) is 0 Å². The van der Waals surface area contributed by atoms with Crippen LogP contribution in [0.1, 0.15) is 24.3 Å². The molecule has 0 amide bonds. The monoisotopic (exact) mass is 275 g/mol. The Hall–Kier alpha value is -0.580. The smallest absolute Gasteiger partial charge is 0.147 e. The number of halogens is 1. The van der Waals surface area contributed by atoms with Gasteiger partial charge in [-0.05, 0) is 36.9 Å². The molecule has 1 aromatic carbocycles. The van der Waals surface area contributed by atoms with Crippen LogP contribution in [0.5, 0.6) is 0 Å². The third-order valence-electron chi connectivity index (χ3n) is 2.70. The molecule has 0 aromatic heterocycles. The van der Waals surface area contributed by atoms with Gasteiger partial charge in [0.25, 0.3) is 0 Å². The van der Waals surface area contributed by atoms with Gasteiger partial charge in [0.05, 0.1) is 0 Å². The summed E-state index contributed by atoms with van der Waals surface area (Å²) in [5.74, 6) is 0.332. The highest BCUT2D eigenvalue weighted by atomic mass is 35.5. The largest absolute Gasteiger partial charge is 0.330 e. The predicted octanol–water partition coefficient (Wildman–Crippen LogP) is 2.21.